The highest BCUT2D eigenvalue weighted by Gasteiger charge is 2.36. The number of ether oxygens (including phenoxy) is 1. The average Bonchev–Trinajstić information content (AvgIpc) is 2.41. The van der Waals surface area contributed by atoms with E-state index in [0.29, 0.717) is 18.4 Å². The number of alkyl halides is 3. The van der Waals surface area contributed by atoms with E-state index in [2.05, 4.69) is 4.74 Å². The van der Waals surface area contributed by atoms with Gasteiger partial charge in [0.05, 0.1) is 23.9 Å². The van der Waals surface area contributed by atoms with Crippen molar-refractivity contribution < 1.29 is 39.9 Å². The molecule has 0 saturated heterocycles. The number of hydrogen-bond donors (Lipinski definition) is 0. The van der Waals surface area contributed by atoms with Crippen LogP contribution in [0.15, 0.2) is 18.2 Å². The largest absolute Gasteiger partial charge is 0.755 e. The lowest BCUT2D eigenvalue weighted by molar-refractivity contribution is -0.137. The molecule has 1 aromatic carbocycles. The van der Waals surface area contributed by atoms with Gasteiger partial charge in [0.25, 0.3) is 0 Å². The minimum Gasteiger partial charge on any atom is -0.755 e. The molecule has 0 spiro atoms. The minimum absolute atomic E-state index is 0.00456. The maximum atomic E-state index is 13.0. The number of anilines is 1. The third-order valence-electron chi connectivity index (χ3n) is 2.52. The fraction of sp³-hybridized carbons (Fsp3) is 0.364. The molecule has 0 saturated carbocycles. The highest BCUT2D eigenvalue weighted by Crippen LogP contribution is 2.37. The third kappa shape index (κ3) is 5.18. The van der Waals surface area contributed by atoms with Crippen molar-refractivity contribution >= 4 is 32.8 Å². The molecule has 12 heteroatoms. The Hall–Kier alpha value is -1.66. The molecular weight excluding hydrogens is 363 g/mol. The molecule has 0 fully saturated rings. The Balaban J connectivity index is 3.60. The summed E-state index contributed by atoms with van der Waals surface area (Å²) in [7, 11) is -2.98. The molecule has 130 valence electrons. The van der Waals surface area contributed by atoms with Crippen LogP contribution in [0.25, 0.3) is 0 Å². The van der Waals surface area contributed by atoms with Crippen molar-refractivity contribution in [3.63, 3.8) is 0 Å². The van der Waals surface area contributed by atoms with Gasteiger partial charge in [0.1, 0.15) is 5.88 Å². The van der Waals surface area contributed by atoms with Gasteiger partial charge >= 0.3 is 12.1 Å². The standard InChI is InChI=1S/C11H12F3NO6S2/c1-21-10(16)7-3-4-8(11(12,13)14)9(5-7)15(22(17)18)6-23(2,19)20/h3-5H,6H2,1-2H3,(H,17,18)/p-1. The van der Waals surface area contributed by atoms with Gasteiger partial charge in [0, 0.05) is 17.5 Å². The van der Waals surface area contributed by atoms with E-state index in [1.807, 2.05) is 0 Å². The zero-order chi connectivity index (χ0) is 18.0. The molecule has 0 N–H and O–H groups in total. The van der Waals surface area contributed by atoms with Gasteiger partial charge in [0.15, 0.2) is 9.84 Å². The molecule has 1 unspecified atom stereocenters. The summed E-state index contributed by atoms with van der Waals surface area (Å²) in [5.74, 6) is -2.22. The molecule has 23 heavy (non-hydrogen) atoms. The summed E-state index contributed by atoms with van der Waals surface area (Å²) in [6.07, 6.45) is -4.30. The molecule has 0 bridgehead atoms. The predicted octanol–water partition coefficient (Wildman–Crippen LogP) is 1.09. The Morgan fingerprint density at radius 3 is 2.35 bits per heavy atom. The molecule has 1 rings (SSSR count). The number of carbonyl (C=O) groups excluding carboxylic acids is 1. The quantitative estimate of drug-likeness (QED) is 0.565. The lowest BCUT2D eigenvalue weighted by Crippen LogP contribution is -2.33. The first-order valence-electron chi connectivity index (χ1n) is 5.71. The first-order chi connectivity index (χ1) is 10.4. The molecule has 7 nitrogen and oxygen atoms in total. The Bertz CT molecular complexity index is 732. The van der Waals surface area contributed by atoms with Crippen LogP contribution in [0, 0.1) is 0 Å². The van der Waals surface area contributed by atoms with E-state index in [1.165, 1.54) is 0 Å². The van der Waals surface area contributed by atoms with Crippen molar-refractivity contribution in [2.24, 2.45) is 0 Å². The molecule has 0 heterocycles. The second-order valence-corrected chi connectivity index (χ2v) is 7.36. The van der Waals surface area contributed by atoms with Gasteiger partial charge in [-0.05, 0) is 18.2 Å². The van der Waals surface area contributed by atoms with Crippen LogP contribution in [-0.4, -0.2) is 42.4 Å². The summed E-state index contributed by atoms with van der Waals surface area (Å²) in [6, 6.07) is 1.88. The fourth-order valence-electron chi connectivity index (χ4n) is 1.63. The van der Waals surface area contributed by atoms with Crippen LogP contribution in [0.4, 0.5) is 18.9 Å². The van der Waals surface area contributed by atoms with E-state index >= 15 is 0 Å². The zero-order valence-electron chi connectivity index (χ0n) is 11.8. The van der Waals surface area contributed by atoms with Crippen molar-refractivity contribution in [3.8, 4) is 0 Å². The maximum absolute atomic E-state index is 13.0. The molecule has 0 aliphatic heterocycles. The monoisotopic (exact) mass is 374 g/mol. The number of halogens is 3. The Kier molecular flexibility index (Phi) is 5.77. The van der Waals surface area contributed by atoms with Crippen LogP contribution >= 0.6 is 0 Å². The van der Waals surface area contributed by atoms with Crippen molar-refractivity contribution in [2.45, 2.75) is 6.18 Å². The van der Waals surface area contributed by atoms with E-state index in [9.17, 15) is 35.1 Å². The summed E-state index contributed by atoms with van der Waals surface area (Å²) in [5, 5.41) is 0. The van der Waals surface area contributed by atoms with Crippen LogP contribution in [0.5, 0.6) is 0 Å². The smallest absolute Gasteiger partial charge is 0.418 e. The summed E-state index contributed by atoms with van der Waals surface area (Å²) in [4.78, 5) is 11.4. The number of hydrogen-bond acceptors (Lipinski definition) is 6. The minimum atomic E-state index is -4.96. The molecule has 0 aromatic heterocycles. The van der Waals surface area contributed by atoms with E-state index in [4.69, 9.17) is 0 Å². The van der Waals surface area contributed by atoms with Gasteiger partial charge in [0.2, 0.25) is 0 Å². The summed E-state index contributed by atoms with van der Waals surface area (Å²) in [5.41, 5.74) is -2.75. The van der Waals surface area contributed by atoms with Crippen LogP contribution in [-0.2, 0) is 32.0 Å². The Labute approximate surface area is 132 Å². The summed E-state index contributed by atoms with van der Waals surface area (Å²) in [6.45, 7) is 0. The highest BCUT2D eigenvalue weighted by atomic mass is 32.2. The lowest BCUT2D eigenvalue weighted by Gasteiger charge is -2.28. The number of nitrogens with zero attached hydrogens (tertiary/aromatic N) is 1. The lowest BCUT2D eigenvalue weighted by atomic mass is 10.1. The summed E-state index contributed by atoms with van der Waals surface area (Å²) >= 11 is -3.32. The Morgan fingerprint density at radius 2 is 1.96 bits per heavy atom. The predicted molar refractivity (Wildman–Crippen MR) is 73.9 cm³/mol. The summed E-state index contributed by atoms with van der Waals surface area (Å²) < 4.78 is 88.3. The third-order valence-corrected chi connectivity index (χ3v) is 4.10. The van der Waals surface area contributed by atoms with Crippen LogP contribution < -0.4 is 4.31 Å². The topological polar surface area (TPSA) is 104 Å². The van der Waals surface area contributed by atoms with Crippen molar-refractivity contribution in [1.82, 2.24) is 0 Å². The second kappa shape index (κ2) is 6.84. The number of benzene rings is 1. The van der Waals surface area contributed by atoms with Gasteiger partial charge in [-0.1, -0.05) is 0 Å². The Morgan fingerprint density at radius 1 is 1.39 bits per heavy atom. The van der Waals surface area contributed by atoms with E-state index in [0.717, 1.165) is 13.2 Å². The number of esters is 1. The van der Waals surface area contributed by atoms with Gasteiger partial charge < -0.3 is 9.29 Å². The molecular formula is C11H11F3NO6S2-. The van der Waals surface area contributed by atoms with Gasteiger partial charge in [-0.2, -0.15) is 13.2 Å². The van der Waals surface area contributed by atoms with Crippen LogP contribution in [0.3, 0.4) is 0 Å². The first kappa shape index (κ1) is 19.4. The number of rotatable bonds is 5. The van der Waals surface area contributed by atoms with Crippen LogP contribution in [0.2, 0.25) is 0 Å². The number of carbonyl (C=O) groups is 1. The van der Waals surface area contributed by atoms with E-state index < -0.39 is 50.4 Å². The van der Waals surface area contributed by atoms with Gasteiger partial charge in [-0.3, -0.25) is 8.51 Å². The molecule has 1 atom stereocenters. The molecule has 0 radical (unpaired) electrons. The van der Waals surface area contributed by atoms with Crippen LogP contribution in [0.1, 0.15) is 15.9 Å². The molecule has 1 aromatic rings. The average molecular weight is 374 g/mol. The van der Waals surface area contributed by atoms with Gasteiger partial charge in [-0.25, -0.2) is 13.2 Å². The van der Waals surface area contributed by atoms with Crippen molar-refractivity contribution in [3.05, 3.63) is 29.3 Å². The molecule has 0 aliphatic rings. The molecule has 0 aliphatic carbocycles. The molecule has 0 amide bonds. The maximum Gasteiger partial charge on any atom is 0.418 e. The number of sulfone groups is 1. The first-order valence-corrected chi connectivity index (χ1v) is 8.80. The fourth-order valence-corrected chi connectivity index (χ4v) is 3.42. The number of methoxy groups -OCH3 is 1. The van der Waals surface area contributed by atoms with Crippen molar-refractivity contribution in [2.75, 3.05) is 23.5 Å². The second-order valence-electron chi connectivity index (χ2n) is 4.37. The van der Waals surface area contributed by atoms with Crippen molar-refractivity contribution in [1.29, 1.82) is 0 Å². The normalized spacial score (nSPS) is 13.5. The van der Waals surface area contributed by atoms with E-state index in [-0.39, 0.29) is 9.87 Å². The SMILES string of the molecule is COC(=O)c1ccc(C(F)(F)F)c(N(CS(C)(=O)=O)S(=O)[O-])c1. The van der Waals surface area contributed by atoms with E-state index in [1.54, 1.807) is 0 Å². The zero-order valence-corrected chi connectivity index (χ0v) is 13.4. The van der Waals surface area contributed by atoms with Gasteiger partial charge in [-0.15, -0.1) is 0 Å². The highest BCUT2D eigenvalue weighted by molar-refractivity contribution is 7.92.